The predicted molar refractivity (Wildman–Crippen MR) is 115 cm³/mol. The maximum atomic E-state index is 12.0. The van der Waals surface area contributed by atoms with Gasteiger partial charge in [-0.15, -0.1) is 11.3 Å². The molecule has 0 atom stereocenters. The molecule has 0 fully saturated rings. The van der Waals surface area contributed by atoms with Gasteiger partial charge < -0.3 is 16.0 Å². The number of thiophene rings is 1. The van der Waals surface area contributed by atoms with Gasteiger partial charge >= 0.3 is 0 Å². The highest BCUT2D eigenvalue weighted by Crippen LogP contribution is 2.26. The van der Waals surface area contributed by atoms with Gasteiger partial charge in [0.05, 0.1) is 6.54 Å². The van der Waals surface area contributed by atoms with Crippen molar-refractivity contribution in [2.75, 3.05) is 19.6 Å². The van der Waals surface area contributed by atoms with Gasteiger partial charge in [-0.1, -0.05) is 32.0 Å². The van der Waals surface area contributed by atoms with Crippen molar-refractivity contribution in [1.29, 1.82) is 0 Å². The Bertz CT molecular complexity index is 753. The van der Waals surface area contributed by atoms with E-state index in [1.807, 2.05) is 31.2 Å². The molecule has 0 aliphatic heterocycles. The molecule has 1 aromatic heterocycles. The first-order valence-corrected chi connectivity index (χ1v) is 10.3. The number of aliphatic imine (C=N–C) groups is 1. The van der Waals surface area contributed by atoms with Crippen molar-refractivity contribution < 1.29 is 4.79 Å². The van der Waals surface area contributed by atoms with Gasteiger partial charge in [0.2, 0.25) is 0 Å². The minimum absolute atomic E-state index is 0.0303. The third-order valence-corrected chi connectivity index (χ3v) is 5.41. The van der Waals surface area contributed by atoms with Crippen molar-refractivity contribution in [2.24, 2.45) is 4.99 Å². The summed E-state index contributed by atoms with van der Waals surface area (Å²) < 4.78 is 0. The number of carbonyl (C=O) groups excluding carboxylic acids is 1. The van der Waals surface area contributed by atoms with Gasteiger partial charge in [-0.25, -0.2) is 4.99 Å². The van der Waals surface area contributed by atoms with Crippen molar-refractivity contribution in [3.63, 3.8) is 0 Å². The summed E-state index contributed by atoms with van der Waals surface area (Å²) in [6, 6.07) is 11.9. The molecule has 5 nitrogen and oxygen atoms in total. The lowest BCUT2D eigenvalue weighted by Gasteiger charge is -2.25. The Kier molecular flexibility index (Phi) is 7.85. The predicted octanol–water partition coefficient (Wildman–Crippen LogP) is 3.53. The van der Waals surface area contributed by atoms with Crippen LogP contribution in [0.4, 0.5) is 0 Å². The van der Waals surface area contributed by atoms with Crippen LogP contribution in [0.1, 0.15) is 48.5 Å². The quantitative estimate of drug-likeness (QED) is 0.480. The second kappa shape index (κ2) is 10.1. The number of rotatable bonds is 8. The van der Waals surface area contributed by atoms with E-state index in [1.165, 1.54) is 4.88 Å². The van der Waals surface area contributed by atoms with Crippen LogP contribution in [0.3, 0.4) is 0 Å². The molecule has 2 rings (SSSR count). The summed E-state index contributed by atoms with van der Waals surface area (Å²) in [5, 5.41) is 11.7. The first kappa shape index (κ1) is 21.0. The lowest BCUT2D eigenvalue weighted by molar-refractivity contribution is 0.0955. The van der Waals surface area contributed by atoms with E-state index in [-0.39, 0.29) is 11.3 Å². The molecule has 0 radical (unpaired) electrons. The van der Waals surface area contributed by atoms with Crippen LogP contribution in [0.15, 0.2) is 46.8 Å². The summed E-state index contributed by atoms with van der Waals surface area (Å²) in [6.07, 6.45) is 0. The molecule has 0 bridgehead atoms. The molecule has 0 unspecified atom stereocenters. The fourth-order valence-corrected chi connectivity index (χ4v) is 3.49. The van der Waals surface area contributed by atoms with Crippen molar-refractivity contribution in [3.8, 4) is 0 Å². The van der Waals surface area contributed by atoms with Crippen LogP contribution in [-0.4, -0.2) is 31.5 Å². The SMILES string of the molecule is CCNC(=O)c1cccc(CN=C(NCC)NCC(C)(C)c2cccs2)c1. The van der Waals surface area contributed by atoms with Crippen LogP contribution in [0.5, 0.6) is 0 Å². The van der Waals surface area contributed by atoms with Crippen LogP contribution in [0, 0.1) is 0 Å². The molecule has 0 spiro atoms. The third kappa shape index (κ3) is 6.40. The van der Waals surface area contributed by atoms with Crippen LogP contribution < -0.4 is 16.0 Å². The fourth-order valence-electron chi connectivity index (χ4n) is 2.64. The molecule has 0 aliphatic rings. The van der Waals surface area contributed by atoms with Gasteiger partial charge in [-0.05, 0) is 43.0 Å². The minimum atomic E-state index is -0.0499. The van der Waals surface area contributed by atoms with E-state index in [4.69, 9.17) is 0 Å². The largest absolute Gasteiger partial charge is 0.357 e. The number of hydrogen-bond acceptors (Lipinski definition) is 3. The number of carbonyl (C=O) groups is 1. The summed E-state index contributed by atoms with van der Waals surface area (Å²) >= 11 is 1.78. The molecule has 0 aliphatic carbocycles. The Balaban J connectivity index is 2.03. The molecule has 0 saturated heterocycles. The summed E-state index contributed by atoms with van der Waals surface area (Å²) in [5.41, 5.74) is 1.71. The van der Waals surface area contributed by atoms with Crippen molar-refractivity contribution >= 4 is 23.2 Å². The normalized spacial score (nSPS) is 11.9. The van der Waals surface area contributed by atoms with Crippen molar-refractivity contribution in [2.45, 2.75) is 39.7 Å². The highest BCUT2D eigenvalue weighted by atomic mass is 32.1. The van der Waals surface area contributed by atoms with Crippen LogP contribution >= 0.6 is 11.3 Å². The zero-order chi connectivity index (χ0) is 19.7. The highest BCUT2D eigenvalue weighted by molar-refractivity contribution is 7.10. The second-order valence-electron chi connectivity index (χ2n) is 6.97. The van der Waals surface area contributed by atoms with E-state index in [9.17, 15) is 4.79 Å². The summed E-state index contributed by atoms with van der Waals surface area (Å²) in [5.74, 6) is 0.733. The Morgan fingerprint density at radius 1 is 1.07 bits per heavy atom. The zero-order valence-corrected chi connectivity index (χ0v) is 17.5. The lowest BCUT2D eigenvalue weighted by Crippen LogP contribution is -2.43. The van der Waals surface area contributed by atoms with E-state index >= 15 is 0 Å². The molecule has 6 heteroatoms. The lowest BCUT2D eigenvalue weighted by atomic mass is 9.91. The Labute approximate surface area is 166 Å². The topological polar surface area (TPSA) is 65.5 Å². The molecular formula is C21H30N4OS. The summed E-state index contributed by atoms with van der Waals surface area (Å²) in [6.45, 7) is 11.1. The maximum absolute atomic E-state index is 12.0. The minimum Gasteiger partial charge on any atom is -0.357 e. The van der Waals surface area contributed by atoms with Gasteiger partial charge in [-0.3, -0.25) is 4.79 Å². The van der Waals surface area contributed by atoms with E-state index < -0.39 is 0 Å². The highest BCUT2D eigenvalue weighted by Gasteiger charge is 2.21. The van der Waals surface area contributed by atoms with Gasteiger partial charge in [0, 0.05) is 35.5 Å². The molecule has 0 saturated carbocycles. The summed E-state index contributed by atoms with van der Waals surface area (Å²) in [7, 11) is 0. The van der Waals surface area contributed by atoms with Gasteiger partial charge in [-0.2, -0.15) is 0 Å². The first-order chi connectivity index (χ1) is 13.0. The molecule has 146 valence electrons. The molecular weight excluding hydrogens is 356 g/mol. The first-order valence-electron chi connectivity index (χ1n) is 9.39. The number of nitrogens with one attached hydrogen (secondary N) is 3. The van der Waals surface area contributed by atoms with E-state index in [0.717, 1.165) is 24.6 Å². The molecule has 1 aromatic carbocycles. The Hall–Kier alpha value is -2.34. The Morgan fingerprint density at radius 2 is 1.85 bits per heavy atom. The van der Waals surface area contributed by atoms with Crippen LogP contribution in [0.2, 0.25) is 0 Å². The van der Waals surface area contributed by atoms with Crippen LogP contribution in [-0.2, 0) is 12.0 Å². The average Bonchev–Trinajstić information content (AvgIpc) is 3.20. The molecule has 3 N–H and O–H groups in total. The van der Waals surface area contributed by atoms with Gasteiger partial charge in [0.25, 0.3) is 5.91 Å². The van der Waals surface area contributed by atoms with Crippen LogP contribution in [0.25, 0.3) is 0 Å². The molecule has 2 aromatic rings. The van der Waals surface area contributed by atoms with Crippen molar-refractivity contribution in [1.82, 2.24) is 16.0 Å². The van der Waals surface area contributed by atoms with E-state index in [0.29, 0.717) is 18.7 Å². The average molecular weight is 387 g/mol. The van der Waals surface area contributed by atoms with Gasteiger partial charge in [0.15, 0.2) is 5.96 Å². The fraction of sp³-hybridized carbons (Fsp3) is 0.429. The monoisotopic (exact) mass is 386 g/mol. The summed E-state index contributed by atoms with van der Waals surface area (Å²) in [4.78, 5) is 18.0. The zero-order valence-electron chi connectivity index (χ0n) is 16.6. The number of benzene rings is 1. The standard InChI is InChI=1S/C21H30N4OS/c1-5-22-19(26)17-10-7-9-16(13-17)14-24-20(23-6-2)25-15-21(3,4)18-11-8-12-27-18/h7-13H,5-6,14-15H2,1-4H3,(H,22,26)(H2,23,24,25). The second-order valence-corrected chi connectivity index (χ2v) is 7.92. The maximum Gasteiger partial charge on any atom is 0.251 e. The number of amides is 1. The molecule has 1 heterocycles. The van der Waals surface area contributed by atoms with E-state index in [2.05, 4.69) is 59.2 Å². The number of hydrogen-bond donors (Lipinski definition) is 3. The molecule has 27 heavy (non-hydrogen) atoms. The van der Waals surface area contributed by atoms with E-state index in [1.54, 1.807) is 11.3 Å². The smallest absolute Gasteiger partial charge is 0.251 e. The number of nitrogens with zero attached hydrogens (tertiary/aromatic N) is 1. The van der Waals surface area contributed by atoms with Crippen molar-refractivity contribution in [3.05, 3.63) is 57.8 Å². The molecule has 1 amide bonds. The number of guanidine groups is 1. The third-order valence-electron chi connectivity index (χ3n) is 4.18. The van der Waals surface area contributed by atoms with Gasteiger partial charge in [0.1, 0.15) is 0 Å². The Morgan fingerprint density at radius 3 is 2.52 bits per heavy atom.